The number of aryl methyl sites for hydroxylation is 2. The number of amides is 1. The molecule has 1 unspecified atom stereocenters. The smallest absolute Gasteiger partial charge is 0.234 e. The second-order valence-corrected chi connectivity index (χ2v) is 6.16. The lowest BCUT2D eigenvalue weighted by molar-refractivity contribution is -0.123. The zero-order valence-corrected chi connectivity index (χ0v) is 14.8. The highest BCUT2D eigenvalue weighted by molar-refractivity contribution is 5.85. The van der Waals surface area contributed by atoms with Crippen LogP contribution in [-0.2, 0) is 4.79 Å². The molecule has 5 heteroatoms. The summed E-state index contributed by atoms with van der Waals surface area (Å²) in [7, 11) is 0. The molecule has 1 amide bonds. The molecular formula is C17H28ClN3O. The lowest BCUT2D eigenvalue weighted by Crippen LogP contribution is -2.52. The van der Waals surface area contributed by atoms with Crippen LogP contribution in [0.1, 0.15) is 36.6 Å². The van der Waals surface area contributed by atoms with Gasteiger partial charge in [0.15, 0.2) is 0 Å². The maximum Gasteiger partial charge on any atom is 0.234 e. The second-order valence-electron chi connectivity index (χ2n) is 6.16. The molecule has 22 heavy (non-hydrogen) atoms. The standard InChI is InChI=1S/C17H27N3O.ClH/c1-12-5-6-16(9-13(12)2)15(4)19-17(21)11-20-8-7-18-10-14(20)3;/h5-6,9,14-15,18H,7-8,10-11H2,1-4H3,(H,19,21);1H/t14-,15?;/m1./s1. The normalized spacial score (nSPS) is 20.1. The monoisotopic (exact) mass is 325 g/mol. The van der Waals surface area contributed by atoms with Crippen molar-refractivity contribution in [2.75, 3.05) is 26.2 Å². The lowest BCUT2D eigenvalue weighted by Gasteiger charge is -2.33. The number of halogens is 1. The number of carbonyl (C=O) groups excluding carboxylic acids is 1. The fourth-order valence-electron chi connectivity index (χ4n) is 2.71. The summed E-state index contributed by atoms with van der Waals surface area (Å²) in [5.74, 6) is 0.106. The Morgan fingerprint density at radius 1 is 1.41 bits per heavy atom. The molecule has 2 rings (SSSR count). The van der Waals surface area contributed by atoms with Gasteiger partial charge >= 0.3 is 0 Å². The number of nitrogens with zero attached hydrogens (tertiary/aromatic N) is 1. The van der Waals surface area contributed by atoms with Gasteiger partial charge in [0, 0.05) is 25.7 Å². The van der Waals surface area contributed by atoms with E-state index in [0.717, 1.165) is 19.6 Å². The molecule has 1 aromatic carbocycles. The van der Waals surface area contributed by atoms with E-state index >= 15 is 0 Å². The van der Waals surface area contributed by atoms with Gasteiger partial charge in [0.2, 0.25) is 5.91 Å². The lowest BCUT2D eigenvalue weighted by atomic mass is 10.0. The molecule has 1 aliphatic rings. The summed E-state index contributed by atoms with van der Waals surface area (Å²) in [6.45, 7) is 11.8. The van der Waals surface area contributed by atoms with Crippen molar-refractivity contribution >= 4 is 18.3 Å². The number of piperazine rings is 1. The van der Waals surface area contributed by atoms with Crippen LogP contribution in [0.15, 0.2) is 18.2 Å². The highest BCUT2D eigenvalue weighted by atomic mass is 35.5. The Balaban J connectivity index is 0.00000242. The topological polar surface area (TPSA) is 44.4 Å². The minimum Gasteiger partial charge on any atom is -0.348 e. The highest BCUT2D eigenvalue weighted by Gasteiger charge is 2.21. The fraction of sp³-hybridized carbons (Fsp3) is 0.588. The Bertz CT molecular complexity index is 507. The molecule has 1 aromatic rings. The summed E-state index contributed by atoms with van der Waals surface area (Å²) >= 11 is 0. The highest BCUT2D eigenvalue weighted by Crippen LogP contribution is 2.16. The molecule has 1 aliphatic heterocycles. The molecule has 0 bridgehead atoms. The van der Waals surface area contributed by atoms with Crippen LogP contribution in [0.4, 0.5) is 0 Å². The molecule has 1 fully saturated rings. The molecule has 0 aliphatic carbocycles. The van der Waals surface area contributed by atoms with Crippen molar-refractivity contribution in [2.24, 2.45) is 0 Å². The van der Waals surface area contributed by atoms with Crippen LogP contribution in [0.5, 0.6) is 0 Å². The number of rotatable bonds is 4. The summed E-state index contributed by atoms with van der Waals surface area (Å²) in [6.07, 6.45) is 0. The molecule has 0 radical (unpaired) electrons. The first-order valence-electron chi connectivity index (χ1n) is 7.78. The zero-order valence-electron chi connectivity index (χ0n) is 14.0. The van der Waals surface area contributed by atoms with E-state index in [9.17, 15) is 4.79 Å². The molecule has 1 saturated heterocycles. The average Bonchev–Trinajstić information content (AvgIpc) is 2.44. The van der Waals surface area contributed by atoms with Crippen LogP contribution in [-0.4, -0.2) is 43.0 Å². The van der Waals surface area contributed by atoms with E-state index in [1.807, 2.05) is 6.92 Å². The van der Waals surface area contributed by atoms with E-state index < -0.39 is 0 Å². The average molecular weight is 326 g/mol. The quantitative estimate of drug-likeness (QED) is 0.892. The third kappa shape index (κ3) is 4.97. The Morgan fingerprint density at radius 2 is 2.14 bits per heavy atom. The van der Waals surface area contributed by atoms with E-state index in [-0.39, 0.29) is 24.4 Å². The zero-order chi connectivity index (χ0) is 15.4. The Hall–Kier alpha value is -1.10. The predicted molar refractivity (Wildman–Crippen MR) is 93.6 cm³/mol. The molecule has 4 nitrogen and oxygen atoms in total. The van der Waals surface area contributed by atoms with Crippen molar-refractivity contribution in [3.8, 4) is 0 Å². The number of hydrogen-bond acceptors (Lipinski definition) is 3. The maximum atomic E-state index is 12.2. The Labute approximate surface area is 140 Å². The van der Waals surface area contributed by atoms with Gasteiger partial charge < -0.3 is 10.6 Å². The van der Waals surface area contributed by atoms with Gasteiger partial charge in [-0.2, -0.15) is 0 Å². The van der Waals surface area contributed by atoms with Gasteiger partial charge in [0.05, 0.1) is 12.6 Å². The number of carbonyl (C=O) groups is 1. The van der Waals surface area contributed by atoms with E-state index in [4.69, 9.17) is 0 Å². The molecule has 0 aromatic heterocycles. The minimum atomic E-state index is 0. The van der Waals surface area contributed by atoms with Crippen molar-refractivity contribution in [3.63, 3.8) is 0 Å². The van der Waals surface area contributed by atoms with Crippen molar-refractivity contribution in [1.29, 1.82) is 0 Å². The summed E-state index contributed by atoms with van der Waals surface area (Å²) in [4.78, 5) is 14.5. The third-order valence-electron chi connectivity index (χ3n) is 4.39. The predicted octanol–water partition coefficient (Wildman–Crippen LogP) is 2.20. The van der Waals surface area contributed by atoms with Gasteiger partial charge in [0.25, 0.3) is 0 Å². The van der Waals surface area contributed by atoms with E-state index in [1.54, 1.807) is 0 Å². The third-order valence-corrected chi connectivity index (χ3v) is 4.39. The second kappa shape index (κ2) is 8.51. The van der Waals surface area contributed by atoms with Gasteiger partial charge in [-0.15, -0.1) is 12.4 Å². The molecule has 2 N–H and O–H groups in total. The van der Waals surface area contributed by atoms with Crippen molar-refractivity contribution in [1.82, 2.24) is 15.5 Å². The molecular weight excluding hydrogens is 298 g/mol. The van der Waals surface area contributed by atoms with Gasteiger partial charge in [-0.1, -0.05) is 18.2 Å². The number of benzene rings is 1. The van der Waals surface area contributed by atoms with Crippen molar-refractivity contribution < 1.29 is 4.79 Å². The number of hydrogen-bond donors (Lipinski definition) is 2. The van der Waals surface area contributed by atoms with Crippen LogP contribution in [0.25, 0.3) is 0 Å². The first-order valence-corrected chi connectivity index (χ1v) is 7.78. The van der Waals surface area contributed by atoms with E-state index in [0.29, 0.717) is 12.6 Å². The minimum absolute atomic E-state index is 0. The first kappa shape index (κ1) is 18.9. The number of nitrogens with one attached hydrogen (secondary N) is 2. The van der Waals surface area contributed by atoms with E-state index in [1.165, 1.54) is 16.7 Å². The Kier molecular flexibility index (Phi) is 7.33. The van der Waals surface area contributed by atoms with E-state index in [2.05, 4.69) is 54.5 Å². The van der Waals surface area contributed by atoms with Crippen LogP contribution >= 0.6 is 12.4 Å². The fourth-order valence-corrected chi connectivity index (χ4v) is 2.71. The first-order chi connectivity index (χ1) is 9.97. The molecule has 124 valence electrons. The summed E-state index contributed by atoms with van der Waals surface area (Å²) in [5.41, 5.74) is 3.72. The van der Waals surface area contributed by atoms with Crippen molar-refractivity contribution in [3.05, 3.63) is 34.9 Å². The SMILES string of the molecule is Cc1ccc(C(C)NC(=O)CN2CCNC[C@H]2C)cc1C.Cl. The molecule has 2 atom stereocenters. The summed E-state index contributed by atoms with van der Waals surface area (Å²) in [6, 6.07) is 6.84. The summed E-state index contributed by atoms with van der Waals surface area (Å²) < 4.78 is 0. The van der Waals surface area contributed by atoms with Crippen LogP contribution in [0.3, 0.4) is 0 Å². The van der Waals surface area contributed by atoms with Gasteiger partial charge in [0.1, 0.15) is 0 Å². The van der Waals surface area contributed by atoms with Crippen molar-refractivity contribution in [2.45, 2.75) is 39.8 Å². The summed E-state index contributed by atoms with van der Waals surface area (Å²) in [5, 5.41) is 6.45. The van der Waals surface area contributed by atoms with Crippen LogP contribution in [0.2, 0.25) is 0 Å². The molecule has 0 spiro atoms. The largest absolute Gasteiger partial charge is 0.348 e. The maximum absolute atomic E-state index is 12.2. The Morgan fingerprint density at radius 3 is 2.77 bits per heavy atom. The van der Waals surface area contributed by atoms with Crippen LogP contribution < -0.4 is 10.6 Å². The molecule has 0 saturated carbocycles. The van der Waals surface area contributed by atoms with Gasteiger partial charge in [-0.05, 0) is 44.4 Å². The molecule has 1 heterocycles. The van der Waals surface area contributed by atoms with Gasteiger partial charge in [-0.3, -0.25) is 9.69 Å². The van der Waals surface area contributed by atoms with Crippen LogP contribution in [0, 0.1) is 13.8 Å². The van der Waals surface area contributed by atoms with Gasteiger partial charge in [-0.25, -0.2) is 0 Å².